The molecule has 68 valence electrons. The fourth-order valence-corrected chi connectivity index (χ4v) is 2.32. The topological polar surface area (TPSA) is 20.2 Å². The number of rotatable bonds is 1. The molecule has 0 unspecified atom stereocenters. The van der Waals surface area contributed by atoms with E-state index in [0.29, 0.717) is 10.9 Å². The van der Waals surface area contributed by atoms with Gasteiger partial charge in [-0.25, -0.2) is 4.39 Å². The van der Waals surface area contributed by atoms with Gasteiger partial charge in [-0.05, 0) is 17.7 Å². The third-order valence-corrected chi connectivity index (χ3v) is 3.17. The van der Waals surface area contributed by atoms with Gasteiger partial charge >= 0.3 is 0 Å². The van der Waals surface area contributed by atoms with Crippen LogP contribution in [0, 0.1) is 5.82 Å². The van der Waals surface area contributed by atoms with Crippen molar-refractivity contribution in [1.82, 2.24) is 0 Å². The summed E-state index contributed by atoms with van der Waals surface area (Å²) in [7, 11) is 0. The molecular formula is C9H6ClFOS. The Bertz CT molecular complexity index is 452. The van der Waals surface area contributed by atoms with Crippen LogP contribution in [0.25, 0.3) is 10.1 Å². The number of hydrogen-bond acceptors (Lipinski definition) is 2. The zero-order valence-corrected chi connectivity index (χ0v) is 8.12. The van der Waals surface area contributed by atoms with E-state index in [9.17, 15) is 4.39 Å². The number of halogens is 2. The molecule has 1 aromatic carbocycles. The molecule has 1 heterocycles. The Balaban J connectivity index is 2.75. The quantitative estimate of drug-likeness (QED) is 0.776. The smallest absolute Gasteiger partial charge is 0.160 e. The third-order valence-electron chi connectivity index (χ3n) is 1.84. The molecule has 1 nitrogen and oxygen atoms in total. The van der Waals surface area contributed by atoms with Crippen molar-refractivity contribution in [3.8, 4) is 0 Å². The lowest BCUT2D eigenvalue weighted by Crippen LogP contribution is -1.81. The van der Waals surface area contributed by atoms with E-state index in [1.165, 1.54) is 11.3 Å². The Morgan fingerprint density at radius 3 is 2.92 bits per heavy atom. The maximum atomic E-state index is 13.3. The second-order valence-electron chi connectivity index (χ2n) is 2.68. The summed E-state index contributed by atoms with van der Waals surface area (Å²) < 4.78 is 14.2. The summed E-state index contributed by atoms with van der Waals surface area (Å²) in [5, 5.41) is 9.33. The van der Waals surface area contributed by atoms with Crippen LogP contribution in [0.5, 0.6) is 0 Å². The molecule has 2 rings (SSSR count). The van der Waals surface area contributed by atoms with E-state index in [4.69, 9.17) is 16.7 Å². The largest absolute Gasteiger partial charge is 0.392 e. The highest BCUT2D eigenvalue weighted by Gasteiger charge is 2.09. The van der Waals surface area contributed by atoms with Crippen LogP contribution in [0.15, 0.2) is 18.2 Å². The highest BCUT2D eigenvalue weighted by Crippen LogP contribution is 2.33. The minimum Gasteiger partial charge on any atom is -0.392 e. The predicted octanol–water partition coefficient (Wildman–Crippen LogP) is 3.19. The van der Waals surface area contributed by atoms with Crippen LogP contribution in [0.1, 0.15) is 5.56 Å². The summed E-state index contributed by atoms with van der Waals surface area (Å²) in [5.41, 5.74) is 0.695. The van der Waals surface area contributed by atoms with Crippen molar-refractivity contribution in [2.45, 2.75) is 6.61 Å². The molecular weight excluding hydrogens is 211 g/mol. The SMILES string of the molecule is OCc1ccc2sc(Cl)c(F)c2c1. The number of hydrogen-bond donors (Lipinski definition) is 1. The van der Waals surface area contributed by atoms with Crippen molar-refractivity contribution < 1.29 is 9.50 Å². The van der Waals surface area contributed by atoms with Gasteiger partial charge in [0.2, 0.25) is 0 Å². The fourth-order valence-electron chi connectivity index (χ4n) is 1.18. The minimum absolute atomic E-state index is 0.0805. The molecule has 0 aliphatic heterocycles. The number of aliphatic hydroxyl groups excluding tert-OH is 1. The molecule has 0 amide bonds. The van der Waals surface area contributed by atoms with Crippen LogP contribution >= 0.6 is 22.9 Å². The van der Waals surface area contributed by atoms with Crippen LogP contribution in [0.4, 0.5) is 4.39 Å². The Kier molecular flexibility index (Phi) is 2.24. The molecule has 2 aromatic rings. The van der Waals surface area contributed by atoms with Gasteiger partial charge in [-0.1, -0.05) is 17.7 Å². The highest BCUT2D eigenvalue weighted by atomic mass is 35.5. The first-order valence-electron chi connectivity index (χ1n) is 3.69. The van der Waals surface area contributed by atoms with Crippen LogP contribution in [-0.4, -0.2) is 5.11 Å². The van der Waals surface area contributed by atoms with Gasteiger partial charge < -0.3 is 5.11 Å². The van der Waals surface area contributed by atoms with E-state index in [2.05, 4.69) is 0 Å². The molecule has 0 aliphatic carbocycles. The summed E-state index contributed by atoms with van der Waals surface area (Å²) in [6.07, 6.45) is 0. The second kappa shape index (κ2) is 3.25. The number of fused-ring (bicyclic) bond motifs is 1. The van der Waals surface area contributed by atoms with Gasteiger partial charge in [0, 0.05) is 10.1 Å². The first-order chi connectivity index (χ1) is 6.22. The number of benzene rings is 1. The van der Waals surface area contributed by atoms with Crippen LogP contribution in [0.3, 0.4) is 0 Å². The normalized spacial score (nSPS) is 11.0. The van der Waals surface area contributed by atoms with Gasteiger partial charge in [0.25, 0.3) is 0 Å². The molecule has 0 spiro atoms. The summed E-state index contributed by atoms with van der Waals surface area (Å²) >= 11 is 6.84. The van der Waals surface area contributed by atoms with Gasteiger partial charge in [0.15, 0.2) is 5.82 Å². The summed E-state index contributed by atoms with van der Waals surface area (Å²) in [4.78, 5) is 0. The van der Waals surface area contributed by atoms with Crippen molar-refractivity contribution in [2.24, 2.45) is 0 Å². The molecule has 4 heteroatoms. The molecule has 0 fully saturated rings. The average Bonchev–Trinajstić information content (AvgIpc) is 2.43. The van der Waals surface area contributed by atoms with Gasteiger partial charge in [-0.3, -0.25) is 0 Å². The van der Waals surface area contributed by atoms with Gasteiger partial charge in [0.05, 0.1) is 6.61 Å². The van der Waals surface area contributed by atoms with E-state index < -0.39 is 5.82 Å². The van der Waals surface area contributed by atoms with E-state index >= 15 is 0 Å². The van der Waals surface area contributed by atoms with Gasteiger partial charge in [-0.2, -0.15) is 0 Å². The zero-order valence-electron chi connectivity index (χ0n) is 6.55. The first kappa shape index (κ1) is 8.94. The van der Waals surface area contributed by atoms with E-state index in [1.54, 1.807) is 18.2 Å². The minimum atomic E-state index is -0.392. The Morgan fingerprint density at radius 1 is 1.46 bits per heavy atom. The standard InChI is InChI=1S/C9H6ClFOS/c10-9-8(11)6-3-5(4-12)1-2-7(6)13-9/h1-3,12H,4H2. The monoisotopic (exact) mass is 216 g/mol. The van der Waals surface area contributed by atoms with Crippen molar-refractivity contribution in [3.63, 3.8) is 0 Å². The third kappa shape index (κ3) is 1.43. The molecule has 0 saturated carbocycles. The highest BCUT2D eigenvalue weighted by molar-refractivity contribution is 7.22. The molecule has 1 aromatic heterocycles. The molecule has 1 N–H and O–H groups in total. The lowest BCUT2D eigenvalue weighted by Gasteiger charge is -1.94. The maximum Gasteiger partial charge on any atom is 0.160 e. The molecule has 0 saturated heterocycles. The van der Waals surface area contributed by atoms with E-state index in [-0.39, 0.29) is 10.9 Å². The van der Waals surface area contributed by atoms with Crippen molar-refractivity contribution in [2.75, 3.05) is 0 Å². The summed E-state index contributed by atoms with van der Waals surface area (Å²) in [5.74, 6) is -0.392. The molecule has 13 heavy (non-hydrogen) atoms. The second-order valence-corrected chi connectivity index (χ2v) is 4.33. The van der Waals surface area contributed by atoms with E-state index in [1.807, 2.05) is 0 Å². The molecule has 0 radical (unpaired) electrons. The first-order valence-corrected chi connectivity index (χ1v) is 4.89. The van der Waals surface area contributed by atoms with Crippen LogP contribution in [0.2, 0.25) is 4.34 Å². The number of aliphatic hydroxyl groups is 1. The number of thiophene rings is 1. The van der Waals surface area contributed by atoms with Gasteiger partial charge in [0.1, 0.15) is 4.34 Å². The zero-order chi connectivity index (χ0) is 9.42. The fraction of sp³-hybridized carbons (Fsp3) is 0.111. The maximum absolute atomic E-state index is 13.3. The van der Waals surface area contributed by atoms with Crippen molar-refractivity contribution in [1.29, 1.82) is 0 Å². The van der Waals surface area contributed by atoms with E-state index in [0.717, 1.165) is 4.70 Å². The Hall–Kier alpha value is -0.640. The molecule has 0 bridgehead atoms. The molecule has 0 atom stereocenters. The van der Waals surface area contributed by atoms with Crippen molar-refractivity contribution >= 4 is 33.0 Å². The van der Waals surface area contributed by atoms with Crippen LogP contribution in [-0.2, 0) is 6.61 Å². The summed E-state index contributed by atoms with van der Waals surface area (Å²) in [6.45, 7) is -0.0805. The lowest BCUT2D eigenvalue weighted by molar-refractivity contribution is 0.282. The van der Waals surface area contributed by atoms with Crippen molar-refractivity contribution in [3.05, 3.63) is 33.9 Å². The molecule has 0 aliphatic rings. The Morgan fingerprint density at radius 2 is 2.23 bits per heavy atom. The van der Waals surface area contributed by atoms with Crippen LogP contribution < -0.4 is 0 Å². The lowest BCUT2D eigenvalue weighted by atomic mass is 10.2. The average molecular weight is 217 g/mol. The predicted molar refractivity (Wildman–Crippen MR) is 52.7 cm³/mol. The Labute approximate surface area is 83.4 Å². The van der Waals surface area contributed by atoms with Gasteiger partial charge in [-0.15, -0.1) is 11.3 Å². The summed E-state index contributed by atoms with van der Waals surface area (Å²) in [6, 6.07) is 5.14.